The van der Waals surface area contributed by atoms with E-state index in [2.05, 4.69) is 10.2 Å². The molecule has 9 heteroatoms. The Hall–Kier alpha value is -1.90. The minimum absolute atomic E-state index is 0.00706. The molecule has 112 valence electrons. The number of nitrogens with one attached hydrogen (secondary N) is 1. The lowest BCUT2D eigenvalue weighted by atomic mass is 10.2. The van der Waals surface area contributed by atoms with Gasteiger partial charge in [0.2, 0.25) is 0 Å². The maximum atomic E-state index is 12.6. The summed E-state index contributed by atoms with van der Waals surface area (Å²) in [6, 6.07) is 3.26. The van der Waals surface area contributed by atoms with Crippen molar-refractivity contribution in [2.24, 2.45) is 0 Å². The van der Waals surface area contributed by atoms with Gasteiger partial charge in [0.05, 0.1) is 5.56 Å². The van der Waals surface area contributed by atoms with Crippen LogP contribution in [0.5, 0.6) is 0 Å². The first kappa shape index (κ1) is 14.1. The number of nitrogens with zero attached hydrogens (tertiary/aromatic N) is 2. The van der Waals surface area contributed by atoms with E-state index in [9.17, 15) is 18.0 Å². The number of halogens is 3. The number of hydrogen-bond acceptors (Lipinski definition) is 4. The topological polar surface area (TPSA) is 76.7 Å². The normalized spacial score (nSPS) is 15.4. The number of anilines is 1. The molecule has 1 saturated carbocycles. The SMILES string of the molecule is Nc1cc(C(F)(F)F)ccc1Sc1n[nH]c(=O)n1C1CC1. The number of nitrogen functional groups attached to an aromatic ring is 1. The molecular weight excluding hydrogens is 305 g/mol. The summed E-state index contributed by atoms with van der Waals surface area (Å²) in [6.45, 7) is 0. The van der Waals surface area contributed by atoms with Crippen LogP contribution >= 0.6 is 11.8 Å². The van der Waals surface area contributed by atoms with Crippen molar-refractivity contribution >= 4 is 17.4 Å². The molecule has 1 aromatic heterocycles. The van der Waals surface area contributed by atoms with Gasteiger partial charge >= 0.3 is 11.9 Å². The average Bonchev–Trinajstić information content (AvgIpc) is 3.16. The van der Waals surface area contributed by atoms with Crippen molar-refractivity contribution in [1.29, 1.82) is 0 Å². The van der Waals surface area contributed by atoms with Crippen molar-refractivity contribution < 1.29 is 13.2 Å². The van der Waals surface area contributed by atoms with Gasteiger partial charge in [-0.15, -0.1) is 5.10 Å². The number of hydrogen-bond donors (Lipinski definition) is 2. The molecule has 0 bridgehead atoms. The van der Waals surface area contributed by atoms with Gasteiger partial charge in [0.25, 0.3) is 0 Å². The fourth-order valence-corrected chi connectivity index (χ4v) is 2.86. The molecule has 1 heterocycles. The van der Waals surface area contributed by atoms with E-state index in [-0.39, 0.29) is 17.4 Å². The Morgan fingerprint density at radius 3 is 2.67 bits per heavy atom. The van der Waals surface area contributed by atoms with Crippen LogP contribution in [-0.4, -0.2) is 14.8 Å². The molecule has 1 aliphatic rings. The third-order valence-corrected chi connectivity index (χ3v) is 4.18. The highest BCUT2D eigenvalue weighted by Gasteiger charge is 2.32. The maximum Gasteiger partial charge on any atom is 0.416 e. The highest BCUT2D eigenvalue weighted by atomic mass is 32.2. The van der Waals surface area contributed by atoms with E-state index in [4.69, 9.17) is 5.73 Å². The molecule has 3 rings (SSSR count). The summed E-state index contributed by atoms with van der Waals surface area (Å²) in [7, 11) is 0. The van der Waals surface area contributed by atoms with Crippen LogP contribution in [0.3, 0.4) is 0 Å². The Kier molecular flexibility index (Phi) is 3.23. The number of benzene rings is 1. The standard InChI is InChI=1S/C12H11F3N4OS/c13-12(14,15)6-1-4-9(8(16)5-6)21-11-18-17-10(20)19(11)7-2-3-7/h1,4-5,7H,2-3,16H2,(H,17,20). The number of rotatable bonds is 3. The van der Waals surface area contributed by atoms with Gasteiger partial charge in [0.1, 0.15) is 0 Å². The van der Waals surface area contributed by atoms with Crippen molar-refractivity contribution in [3.8, 4) is 0 Å². The van der Waals surface area contributed by atoms with Crippen LogP contribution in [0.25, 0.3) is 0 Å². The largest absolute Gasteiger partial charge is 0.416 e. The molecule has 0 unspecified atom stereocenters. The lowest BCUT2D eigenvalue weighted by Gasteiger charge is -2.10. The molecule has 1 aromatic carbocycles. The first-order valence-electron chi connectivity index (χ1n) is 6.18. The predicted molar refractivity (Wildman–Crippen MR) is 71.1 cm³/mol. The summed E-state index contributed by atoms with van der Waals surface area (Å²) >= 11 is 1.08. The third kappa shape index (κ3) is 2.78. The second-order valence-electron chi connectivity index (χ2n) is 4.76. The van der Waals surface area contributed by atoms with E-state index >= 15 is 0 Å². The Bertz CT molecular complexity index is 733. The van der Waals surface area contributed by atoms with Crippen molar-refractivity contribution in [1.82, 2.24) is 14.8 Å². The number of aromatic nitrogens is 3. The summed E-state index contributed by atoms with van der Waals surface area (Å²) in [5.74, 6) is 0. The van der Waals surface area contributed by atoms with Crippen LogP contribution in [0.1, 0.15) is 24.4 Å². The monoisotopic (exact) mass is 316 g/mol. The lowest BCUT2D eigenvalue weighted by molar-refractivity contribution is -0.137. The smallest absolute Gasteiger partial charge is 0.398 e. The Balaban J connectivity index is 1.91. The van der Waals surface area contributed by atoms with E-state index in [1.54, 1.807) is 0 Å². The van der Waals surface area contributed by atoms with Gasteiger partial charge in [-0.25, -0.2) is 9.89 Å². The van der Waals surface area contributed by atoms with E-state index in [1.165, 1.54) is 10.6 Å². The first-order valence-corrected chi connectivity index (χ1v) is 6.99. The zero-order chi connectivity index (χ0) is 15.2. The van der Waals surface area contributed by atoms with Crippen LogP contribution in [0.15, 0.2) is 33.0 Å². The van der Waals surface area contributed by atoms with Crippen molar-refractivity contribution in [2.75, 3.05) is 5.73 Å². The molecule has 21 heavy (non-hydrogen) atoms. The summed E-state index contributed by atoms with van der Waals surface area (Å²) in [4.78, 5) is 12.1. The van der Waals surface area contributed by atoms with E-state index in [0.29, 0.717) is 10.1 Å². The molecule has 0 radical (unpaired) electrons. The van der Waals surface area contributed by atoms with Gasteiger partial charge in [0, 0.05) is 16.6 Å². The van der Waals surface area contributed by atoms with Crippen LogP contribution in [0.2, 0.25) is 0 Å². The molecular formula is C12H11F3N4OS. The van der Waals surface area contributed by atoms with Gasteiger partial charge < -0.3 is 5.73 Å². The van der Waals surface area contributed by atoms with Crippen molar-refractivity contribution in [3.05, 3.63) is 34.2 Å². The number of nitrogens with two attached hydrogens (primary N) is 1. The minimum atomic E-state index is -4.43. The van der Waals surface area contributed by atoms with Gasteiger partial charge in [0.15, 0.2) is 5.16 Å². The van der Waals surface area contributed by atoms with E-state index in [1.807, 2.05) is 0 Å². The van der Waals surface area contributed by atoms with Crippen LogP contribution in [-0.2, 0) is 6.18 Å². The Morgan fingerprint density at radius 2 is 2.10 bits per heavy atom. The van der Waals surface area contributed by atoms with Crippen molar-refractivity contribution in [2.45, 2.75) is 35.1 Å². The summed E-state index contributed by atoms with van der Waals surface area (Å²) in [5.41, 5.74) is 4.56. The Morgan fingerprint density at radius 1 is 1.38 bits per heavy atom. The fourth-order valence-electron chi connectivity index (χ4n) is 1.93. The molecule has 5 nitrogen and oxygen atoms in total. The summed E-state index contributed by atoms with van der Waals surface area (Å²) in [5, 5.41) is 6.66. The predicted octanol–water partition coefficient (Wildman–Crippen LogP) is 2.66. The average molecular weight is 316 g/mol. The molecule has 2 aromatic rings. The highest BCUT2D eigenvalue weighted by molar-refractivity contribution is 7.99. The molecule has 3 N–H and O–H groups in total. The fraction of sp³-hybridized carbons (Fsp3) is 0.333. The third-order valence-electron chi connectivity index (χ3n) is 3.12. The molecule has 1 aliphatic carbocycles. The van der Waals surface area contributed by atoms with Crippen LogP contribution in [0, 0.1) is 0 Å². The number of alkyl halides is 3. The number of aromatic amines is 1. The summed E-state index contributed by atoms with van der Waals surface area (Å²) in [6.07, 6.45) is -2.63. The van der Waals surface area contributed by atoms with E-state index in [0.717, 1.165) is 36.7 Å². The van der Waals surface area contributed by atoms with Crippen LogP contribution < -0.4 is 11.4 Å². The second-order valence-corrected chi connectivity index (χ2v) is 5.77. The van der Waals surface area contributed by atoms with Gasteiger partial charge in [-0.1, -0.05) is 0 Å². The second kappa shape index (κ2) is 4.83. The van der Waals surface area contributed by atoms with Gasteiger partial charge in [-0.3, -0.25) is 4.57 Å². The Labute approximate surface area is 121 Å². The minimum Gasteiger partial charge on any atom is -0.398 e. The summed E-state index contributed by atoms with van der Waals surface area (Å²) < 4.78 is 39.3. The van der Waals surface area contributed by atoms with Crippen molar-refractivity contribution in [3.63, 3.8) is 0 Å². The zero-order valence-corrected chi connectivity index (χ0v) is 11.5. The maximum absolute atomic E-state index is 12.6. The van der Waals surface area contributed by atoms with Crippen LogP contribution in [0.4, 0.5) is 18.9 Å². The van der Waals surface area contributed by atoms with E-state index < -0.39 is 11.7 Å². The molecule has 0 aliphatic heterocycles. The molecule has 0 amide bonds. The molecule has 0 spiro atoms. The molecule has 1 fully saturated rings. The molecule has 0 atom stereocenters. The van der Waals surface area contributed by atoms with Gasteiger partial charge in [-0.05, 0) is 42.8 Å². The molecule has 0 saturated heterocycles. The first-order chi connectivity index (χ1) is 9.86. The highest BCUT2D eigenvalue weighted by Crippen LogP contribution is 2.40. The van der Waals surface area contributed by atoms with Gasteiger partial charge in [-0.2, -0.15) is 13.2 Å². The lowest BCUT2D eigenvalue weighted by Crippen LogP contribution is -2.16. The zero-order valence-electron chi connectivity index (χ0n) is 10.6. The number of H-pyrrole nitrogens is 1. The quantitative estimate of drug-likeness (QED) is 0.854.